The summed E-state index contributed by atoms with van der Waals surface area (Å²) in [6.07, 6.45) is 1.96. The van der Waals surface area contributed by atoms with Gasteiger partial charge in [0.05, 0.1) is 0 Å². The molecule has 0 aliphatic rings. The molecule has 1 aromatic carbocycles. The molecule has 2 aromatic rings. The maximum atomic E-state index is 13.6. The fraction of sp³-hybridized carbons (Fsp3) is 0.412. The molecule has 0 amide bonds. The van der Waals surface area contributed by atoms with Crippen LogP contribution in [-0.4, -0.2) is 12.6 Å². The van der Waals surface area contributed by atoms with Gasteiger partial charge in [0.2, 0.25) is 0 Å². The van der Waals surface area contributed by atoms with Gasteiger partial charge < -0.3 is 9.73 Å². The SMILES string of the molecule is CCCNC(C)Cc1ccc(-c2ccc(C)c(F)c2)o1. The molecule has 0 bridgehead atoms. The van der Waals surface area contributed by atoms with E-state index in [2.05, 4.69) is 19.2 Å². The van der Waals surface area contributed by atoms with Crippen molar-refractivity contribution >= 4 is 0 Å². The molecule has 1 aromatic heterocycles. The van der Waals surface area contributed by atoms with Gasteiger partial charge in [-0.15, -0.1) is 0 Å². The third-order valence-electron chi connectivity index (χ3n) is 3.37. The quantitative estimate of drug-likeness (QED) is 0.849. The molecule has 1 atom stereocenters. The van der Waals surface area contributed by atoms with Crippen LogP contribution in [0.2, 0.25) is 0 Å². The fourth-order valence-corrected chi connectivity index (χ4v) is 2.15. The highest BCUT2D eigenvalue weighted by Crippen LogP contribution is 2.24. The molecule has 0 spiro atoms. The van der Waals surface area contributed by atoms with Crippen LogP contribution in [0.1, 0.15) is 31.6 Å². The van der Waals surface area contributed by atoms with Crippen LogP contribution in [-0.2, 0) is 6.42 Å². The first-order valence-electron chi connectivity index (χ1n) is 7.18. The predicted octanol–water partition coefficient (Wildman–Crippen LogP) is 4.32. The van der Waals surface area contributed by atoms with Crippen molar-refractivity contribution in [2.75, 3.05) is 6.54 Å². The fourth-order valence-electron chi connectivity index (χ4n) is 2.15. The van der Waals surface area contributed by atoms with E-state index in [1.165, 1.54) is 6.07 Å². The van der Waals surface area contributed by atoms with Crippen LogP contribution in [0, 0.1) is 12.7 Å². The minimum atomic E-state index is -0.196. The molecule has 20 heavy (non-hydrogen) atoms. The van der Waals surface area contributed by atoms with Gasteiger partial charge in [-0.1, -0.05) is 19.1 Å². The summed E-state index contributed by atoms with van der Waals surface area (Å²) in [7, 11) is 0. The smallest absolute Gasteiger partial charge is 0.134 e. The molecule has 108 valence electrons. The van der Waals surface area contributed by atoms with E-state index in [4.69, 9.17) is 4.42 Å². The van der Waals surface area contributed by atoms with Crippen LogP contribution < -0.4 is 5.32 Å². The summed E-state index contributed by atoms with van der Waals surface area (Å²) in [5.41, 5.74) is 1.44. The van der Waals surface area contributed by atoms with Gasteiger partial charge in [-0.3, -0.25) is 0 Å². The van der Waals surface area contributed by atoms with Crippen molar-refractivity contribution in [3.8, 4) is 11.3 Å². The number of nitrogens with one attached hydrogen (secondary N) is 1. The summed E-state index contributed by atoms with van der Waals surface area (Å²) in [6, 6.07) is 9.45. The number of hydrogen-bond acceptors (Lipinski definition) is 2. The van der Waals surface area contributed by atoms with Crippen molar-refractivity contribution in [2.24, 2.45) is 0 Å². The highest BCUT2D eigenvalue weighted by atomic mass is 19.1. The van der Waals surface area contributed by atoms with Gasteiger partial charge in [-0.2, -0.15) is 0 Å². The Hall–Kier alpha value is -1.61. The highest BCUT2D eigenvalue weighted by molar-refractivity contribution is 5.58. The maximum absolute atomic E-state index is 13.6. The molecule has 0 aliphatic heterocycles. The molecular formula is C17H22FNO. The Morgan fingerprint density at radius 3 is 2.75 bits per heavy atom. The molecular weight excluding hydrogens is 253 g/mol. The van der Waals surface area contributed by atoms with Gasteiger partial charge in [0.25, 0.3) is 0 Å². The topological polar surface area (TPSA) is 25.2 Å². The summed E-state index contributed by atoms with van der Waals surface area (Å²) in [5.74, 6) is 1.46. The molecule has 2 rings (SSSR count). The third kappa shape index (κ3) is 3.70. The molecule has 1 N–H and O–H groups in total. The molecule has 1 unspecified atom stereocenters. The van der Waals surface area contributed by atoms with Crippen molar-refractivity contribution in [3.63, 3.8) is 0 Å². The third-order valence-corrected chi connectivity index (χ3v) is 3.37. The number of rotatable bonds is 6. The normalized spacial score (nSPS) is 12.6. The zero-order chi connectivity index (χ0) is 14.5. The Bertz CT molecular complexity index is 562. The first kappa shape index (κ1) is 14.8. The molecule has 0 aliphatic carbocycles. The van der Waals surface area contributed by atoms with Gasteiger partial charge in [0.1, 0.15) is 17.3 Å². The Kier molecular flexibility index (Phi) is 4.96. The summed E-state index contributed by atoms with van der Waals surface area (Å²) in [4.78, 5) is 0. The van der Waals surface area contributed by atoms with Crippen molar-refractivity contribution in [2.45, 2.75) is 39.7 Å². The van der Waals surface area contributed by atoms with E-state index in [0.29, 0.717) is 11.6 Å². The van der Waals surface area contributed by atoms with Crippen molar-refractivity contribution in [1.82, 2.24) is 5.32 Å². The summed E-state index contributed by atoms with van der Waals surface area (Å²) in [6.45, 7) is 7.06. The zero-order valence-corrected chi connectivity index (χ0v) is 12.4. The second-order valence-corrected chi connectivity index (χ2v) is 5.29. The van der Waals surface area contributed by atoms with E-state index in [1.54, 1.807) is 13.0 Å². The van der Waals surface area contributed by atoms with Gasteiger partial charge in [0, 0.05) is 18.0 Å². The molecule has 2 nitrogen and oxygen atoms in total. The Labute approximate surface area is 120 Å². The van der Waals surface area contributed by atoms with Crippen LogP contribution in [0.3, 0.4) is 0 Å². The number of hydrogen-bond donors (Lipinski definition) is 1. The Morgan fingerprint density at radius 2 is 2.05 bits per heavy atom. The van der Waals surface area contributed by atoms with Gasteiger partial charge in [-0.05, 0) is 50.6 Å². The molecule has 0 saturated carbocycles. The van der Waals surface area contributed by atoms with Crippen molar-refractivity contribution in [1.29, 1.82) is 0 Å². The number of aryl methyl sites for hydroxylation is 1. The standard InChI is InChI=1S/C17H22FNO/c1-4-9-19-13(3)10-15-7-8-17(20-15)14-6-5-12(2)16(18)11-14/h5-8,11,13,19H,4,9-10H2,1-3H3. The van der Waals surface area contributed by atoms with Crippen molar-refractivity contribution in [3.05, 3.63) is 47.5 Å². The number of benzene rings is 1. The molecule has 3 heteroatoms. The van der Waals surface area contributed by atoms with E-state index in [0.717, 1.165) is 36.5 Å². The average Bonchev–Trinajstić information content (AvgIpc) is 2.88. The molecule has 0 fully saturated rings. The van der Waals surface area contributed by atoms with Gasteiger partial charge in [0.15, 0.2) is 0 Å². The van der Waals surface area contributed by atoms with E-state index in [-0.39, 0.29) is 5.82 Å². The second kappa shape index (κ2) is 6.71. The van der Waals surface area contributed by atoms with Crippen LogP contribution in [0.4, 0.5) is 4.39 Å². The Morgan fingerprint density at radius 1 is 1.25 bits per heavy atom. The summed E-state index contributed by atoms with van der Waals surface area (Å²) < 4.78 is 19.4. The minimum absolute atomic E-state index is 0.196. The lowest BCUT2D eigenvalue weighted by atomic mass is 10.1. The van der Waals surface area contributed by atoms with Crippen LogP contribution >= 0.6 is 0 Å². The lowest BCUT2D eigenvalue weighted by molar-refractivity contribution is 0.464. The monoisotopic (exact) mass is 275 g/mol. The molecule has 1 heterocycles. The van der Waals surface area contributed by atoms with Gasteiger partial charge >= 0.3 is 0 Å². The maximum Gasteiger partial charge on any atom is 0.134 e. The van der Waals surface area contributed by atoms with Crippen molar-refractivity contribution < 1.29 is 8.81 Å². The van der Waals surface area contributed by atoms with E-state index in [1.807, 2.05) is 18.2 Å². The van der Waals surface area contributed by atoms with Crippen LogP contribution in [0.15, 0.2) is 34.7 Å². The predicted molar refractivity (Wildman–Crippen MR) is 80.3 cm³/mol. The first-order valence-corrected chi connectivity index (χ1v) is 7.18. The van der Waals surface area contributed by atoms with E-state index < -0.39 is 0 Å². The molecule has 0 saturated heterocycles. The number of halogens is 1. The summed E-state index contributed by atoms with van der Waals surface area (Å²) >= 11 is 0. The molecule has 0 radical (unpaired) electrons. The largest absolute Gasteiger partial charge is 0.461 e. The minimum Gasteiger partial charge on any atom is -0.461 e. The van der Waals surface area contributed by atoms with E-state index in [9.17, 15) is 4.39 Å². The van der Waals surface area contributed by atoms with Gasteiger partial charge in [-0.25, -0.2) is 4.39 Å². The highest BCUT2D eigenvalue weighted by Gasteiger charge is 2.09. The lowest BCUT2D eigenvalue weighted by Gasteiger charge is -2.10. The Balaban J connectivity index is 2.06. The first-order chi connectivity index (χ1) is 9.60. The average molecular weight is 275 g/mol. The van der Waals surface area contributed by atoms with Crippen LogP contribution in [0.5, 0.6) is 0 Å². The summed E-state index contributed by atoms with van der Waals surface area (Å²) in [5, 5.41) is 3.43. The second-order valence-electron chi connectivity index (χ2n) is 5.29. The van der Waals surface area contributed by atoms with Crippen LogP contribution in [0.25, 0.3) is 11.3 Å². The zero-order valence-electron chi connectivity index (χ0n) is 12.4. The number of furan rings is 1. The van der Waals surface area contributed by atoms with E-state index >= 15 is 0 Å². The lowest BCUT2D eigenvalue weighted by Crippen LogP contribution is -2.28.